The Kier molecular flexibility index (Phi) is 7.08. The normalized spacial score (nSPS) is 14.3. The number of carbonyl (C=O) groups is 1. The lowest BCUT2D eigenvalue weighted by Crippen LogP contribution is -2.36. The zero-order valence-corrected chi connectivity index (χ0v) is 19.0. The predicted molar refractivity (Wildman–Crippen MR) is 130 cm³/mol. The van der Waals surface area contributed by atoms with E-state index >= 15 is 0 Å². The van der Waals surface area contributed by atoms with Crippen LogP contribution in [-0.4, -0.2) is 57.0 Å². The van der Waals surface area contributed by atoms with Gasteiger partial charge in [-0.1, -0.05) is 18.2 Å². The van der Waals surface area contributed by atoms with Crippen LogP contribution in [0.5, 0.6) is 0 Å². The van der Waals surface area contributed by atoms with Crippen molar-refractivity contribution in [1.82, 2.24) is 9.88 Å². The molecule has 1 aliphatic rings. The summed E-state index contributed by atoms with van der Waals surface area (Å²) in [4.78, 5) is 14.6. The summed E-state index contributed by atoms with van der Waals surface area (Å²) in [5.41, 5.74) is 4.15. The van der Waals surface area contributed by atoms with Crippen LogP contribution in [0.2, 0.25) is 0 Å². The zero-order chi connectivity index (χ0) is 23.2. The highest BCUT2D eigenvalue weighted by Gasteiger charge is 2.13. The number of methoxy groups -OCH3 is 1. The summed E-state index contributed by atoms with van der Waals surface area (Å²) in [6.45, 7) is 4.12. The molecule has 33 heavy (non-hydrogen) atoms. The van der Waals surface area contributed by atoms with Crippen LogP contribution in [0.25, 0.3) is 28.1 Å². The SMILES string of the molecule is COCCNC(=O)/C(C#N)=C/c1ccc(-c2ccc3cc(N4CCOCC4)ccc3c2)n1C. The minimum atomic E-state index is -0.404. The summed E-state index contributed by atoms with van der Waals surface area (Å²) in [7, 11) is 3.50. The number of ether oxygens (including phenoxy) is 2. The number of hydrogen-bond donors (Lipinski definition) is 1. The van der Waals surface area contributed by atoms with E-state index in [0.29, 0.717) is 13.2 Å². The first-order chi connectivity index (χ1) is 16.1. The van der Waals surface area contributed by atoms with E-state index in [0.717, 1.165) is 48.6 Å². The van der Waals surface area contributed by atoms with Gasteiger partial charge in [0.15, 0.2) is 0 Å². The number of morpholine rings is 1. The molecule has 2 aromatic carbocycles. The number of nitrogens with one attached hydrogen (secondary N) is 1. The van der Waals surface area contributed by atoms with E-state index in [1.165, 1.54) is 11.1 Å². The molecule has 0 saturated carbocycles. The molecule has 1 aliphatic heterocycles. The molecule has 0 aliphatic carbocycles. The Balaban J connectivity index is 1.57. The monoisotopic (exact) mass is 444 g/mol. The topological polar surface area (TPSA) is 79.5 Å². The first-order valence-corrected chi connectivity index (χ1v) is 11.0. The van der Waals surface area contributed by atoms with E-state index in [4.69, 9.17) is 9.47 Å². The van der Waals surface area contributed by atoms with Crippen LogP contribution in [0, 0.1) is 11.3 Å². The highest BCUT2D eigenvalue weighted by molar-refractivity contribution is 6.01. The van der Waals surface area contributed by atoms with Crippen molar-refractivity contribution in [2.45, 2.75) is 0 Å². The molecule has 170 valence electrons. The number of carbonyl (C=O) groups excluding carboxylic acids is 1. The Bertz CT molecular complexity index is 1220. The molecule has 2 heterocycles. The highest BCUT2D eigenvalue weighted by Crippen LogP contribution is 2.29. The lowest BCUT2D eigenvalue weighted by atomic mass is 10.0. The van der Waals surface area contributed by atoms with Crippen LogP contribution >= 0.6 is 0 Å². The van der Waals surface area contributed by atoms with Crippen LogP contribution in [-0.2, 0) is 21.3 Å². The lowest BCUT2D eigenvalue weighted by Gasteiger charge is -2.29. The summed E-state index contributed by atoms with van der Waals surface area (Å²) in [5.74, 6) is -0.404. The van der Waals surface area contributed by atoms with E-state index in [-0.39, 0.29) is 5.57 Å². The van der Waals surface area contributed by atoms with Crippen LogP contribution in [0.1, 0.15) is 5.69 Å². The maximum absolute atomic E-state index is 12.3. The molecule has 4 rings (SSSR count). The standard InChI is InChI=1S/C26H28N4O3/c1-29-23(17-22(18-27)26(31)28-9-12-32-2)7-8-25(29)21-4-3-20-16-24(6-5-19(20)15-21)30-10-13-33-14-11-30/h3-8,15-17H,9-14H2,1-2H3,(H,28,31)/b22-17+. The molecule has 3 aromatic rings. The number of nitrogens with zero attached hydrogens (tertiary/aromatic N) is 3. The van der Waals surface area contributed by atoms with E-state index in [9.17, 15) is 10.1 Å². The van der Waals surface area contributed by atoms with Crippen molar-refractivity contribution >= 4 is 28.4 Å². The first kappa shape index (κ1) is 22.6. The third-order valence-electron chi connectivity index (χ3n) is 5.91. The smallest absolute Gasteiger partial charge is 0.262 e. The molecule has 0 atom stereocenters. The average Bonchev–Trinajstić information content (AvgIpc) is 3.22. The van der Waals surface area contributed by atoms with Gasteiger partial charge >= 0.3 is 0 Å². The minimum absolute atomic E-state index is 0.0630. The Labute approximate surface area is 193 Å². The third-order valence-corrected chi connectivity index (χ3v) is 5.91. The second kappa shape index (κ2) is 10.3. The number of hydrogen-bond acceptors (Lipinski definition) is 5. The van der Waals surface area contributed by atoms with Crippen molar-refractivity contribution in [3.8, 4) is 17.3 Å². The van der Waals surface area contributed by atoms with Gasteiger partial charge in [-0.25, -0.2) is 0 Å². The van der Waals surface area contributed by atoms with E-state index in [1.54, 1.807) is 13.2 Å². The van der Waals surface area contributed by atoms with Gasteiger partial charge in [-0.3, -0.25) is 4.79 Å². The van der Waals surface area contributed by atoms with Gasteiger partial charge in [-0.15, -0.1) is 0 Å². The highest BCUT2D eigenvalue weighted by atomic mass is 16.5. The fourth-order valence-electron chi connectivity index (χ4n) is 4.03. The van der Waals surface area contributed by atoms with Crippen LogP contribution in [0.3, 0.4) is 0 Å². The summed E-state index contributed by atoms with van der Waals surface area (Å²) >= 11 is 0. The number of nitriles is 1. The molecule has 7 nitrogen and oxygen atoms in total. The molecule has 1 fully saturated rings. The van der Waals surface area contributed by atoms with Gasteiger partial charge in [-0.05, 0) is 52.7 Å². The van der Waals surface area contributed by atoms with Crippen LogP contribution < -0.4 is 10.2 Å². The molecule has 0 bridgehead atoms. The van der Waals surface area contributed by atoms with Gasteiger partial charge in [0, 0.05) is 50.9 Å². The predicted octanol–water partition coefficient (Wildman–Crippen LogP) is 3.35. The van der Waals surface area contributed by atoms with E-state index in [1.807, 2.05) is 29.8 Å². The Morgan fingerprint density at radius 3 is 2.67 bits per heavy atom. The second-order valence-electron chi connectivity index (χ2n) is 7.97. The van der Waals surface area contributed by atoms with Crippen LogP contribution in [0.15, 0.2) is 54.1 Å². The van der Waals surface area contributed by atoms with Crippen LogP contribution in [0.4, 0.5) is 5.69 Å². The maximum Gasteiger partial charge on any atom is 0.262 e. The van der Waals surface area contributed by atoms with Crippen molar-refractivity contribution in [1.29, 1.82) is 5.26 Å². The zero-order valence-electron chi connectivity index (χ0n) is 19.0. The second-order valence-corrected chi connectivity index (χ2v) is 7.97. The van der Waals surface area contributed by atoms with Crippen molar-refractivity contribution in [3.05, 3.63) is 59.8 Å². The largest absolute Gasteiger partial charge is 0.383 e. The Morgan fingerprint density at radius 1 is 1.15 bits per heavy atom. The van der Waals surface area contributed by atoms with Gasteiger partial charge in [-0.2, -0.15) is 5.26 Å². The third kappa shape index (κ3) is 5.08. The van der Waals surface area contributed by atoms with E-state index in [2.05, 4.69) is 46.6 Å². The molecule has 1 saturated heterocycles. The Morgan fingerprint density at radius 2 is 1.91 bits per heavy atom. The molecule has 0 unspecified atom stereocenters. The lowest BCUT2D eigenvalue weighted by molar-refractivity contribution is -0.117. The van der Waals surface area contributed by atoms with Crippen molar-refractivity contribution in [2.24, 2.45) is 7.05 Å². The number of benzene rings is 2. The van der Waals surface area contributed by atoms with Gasteiger partial charge in [0.2, 0.25) is 0 Å². The molecule has 1 N–H and O–H groups in total. The molecule has 0 radical (unpaired) electrons. The van der Waals surface area contributed by atoms with Crippen molar-refractivity contribution in [3.63, 3.8) is 0 Å². The van der Waals surface area contributed by atoms with Crippen molar-refractivity contribution in [2.75, 3.05) is 51.5 Å². The summed E-state index contributed by atoms with van der Waals surface area (Å²) in [5, 5.41) is 14.5. The van der Waals surface area contributed by atoms with E-state index < -0.39 is 5.91 Å². The van der Waals surface area contributed by atoms with Gasteiger partial charge in [0.1, 0.15) is 11.6 Å². The average molecular weight is 445 g/mol. The number of anilines is 1. The number of fused-ring (bicyclic) bond motifs is 1. The fourth-order valence-corrected chi connectivity index (χ4v) is 4.03. The molecule has 1 aromatic heterocycles. The molecular weight excluding hydrogens is 416 g/mol. The first-order valence-electron chi connectivity index (χ1n) is 11.0. The quantitative estimate of drug-likeness (QED) is 0.343. The Hall–Kier alpha value is -3.60. The molecule has 0 spiro atoms. The molecular formula is C26H28N4O3. The molecule has 1 amide bonds. The minimum Gasteiger partial charge on any atom is -0.383 e. The summed E-state index contributed by atoms with van der Waals surface area (Å²) in [6, 6.07) is 18.9. The maximum atomic E-state index is 12.3. The molecule has 7 heteroatoms. The van der Waals surface area contributed by atoms with Crippen molar-refractivity contribution < 1.29 is 14.3 Å². The van der Waals surface area contributed by atoms with Gasteiger partial charge < -0.3 is 24.3 Å². The summed E-state index contributed by atoms with van der Waals surface area (Å²) in [6.07, 6.45) is 1.61. The van der Waals surface area contributed by atoms with Gasteiger partial charge in [0.25, 0.3) is 5.91 Å². The fraction of sp³-hybridized carbons (Fsp3) is 0.308. The van der Waals surface area contributed by atoms with Gasteiger partial charge in [0.05, 0.1) is 19.8 Å². The number of aromatic nitrogens is 1. The number of amides is 1. The summed E-state index contributed by atoms with van der Waals surface area (Å²) < 4.78 is 12.4. The number of rotatable bonds is 7.